The average molecular weight is 439 g/mol. The molecule has 0 unspecified atom stereocenters. The zero-order valence-corrected chi connectivity index (χ0v) is 17.5. The van der Waals surface area contributed by atoms with Gasteiger partial charge >= 0.3 is 6.03 Å². The molecule has 4 rings (SSSR count). The average Bonchev–Trinajstić information content (AvgIpc) is 3.57. The third-order valence-electron chi connectivity index (χ3n) is 5.25. The van der Waals surface area contributed by atoms with Gasteiger partial charge in [-0.3, -0.25) is 10.1 Å². The van der Waals surface area contributed by atoms with E-state index in [1.54, 1.807) is 0 Å². The summed E-state index contributed by atoms with van der Waals surface area (Å²) in [6.07, 6.45) is 4.04. The summed E-state index contributed by atoms with van der Waals surface area (Å²) in [5, 5.41) is 7.91. The van der Waals surface area contributed by atoms with Crippen LogP contribution in [0.25, 0.3) is 11.1 Å². The number of carbonyl (C=O) groups excluding carboxylic acids is 1. The zero-order valence-electron chi connectivity index (χ0n) is 17.5. The van der Waals surface area contributed by atoms with Gasteiger partial charge in [0.05, 0.1) is 11.3 Å². The second-order valence-corrected chi connectivity index (χ2v) is 7.90. The molecule has 1 saturated carbocycles. The lowest BCUT2D eigenvalue weighted by atomic mass is 10.1. The Labute approximate surface area is 183 Å². The quantitative estimate of drug-likeness (QED) is 0.444. The van der Waals surface area contributed by atoms with Crippen molar-refractivity contribution in [2.75, 3.05) is 17.2 Å². The molecule has 2 amide bonds. The minimum absolute atomic E-state index is 0.120. The van der Waals surface area contributed by atoms with Gasteiger partial charge < -0.3 is 15.6 Å². The number of H-pyrrole nitrogens is 1. The van der Waals surface area contributed by atoms with Gasteiger partial charge in [-0.05, 0) is 55.0 Å². The van der Waals surface area contributed by atoms with Crippen molar-refractivity contribution in [3.63, 3.8) is 0 Å². The summed E-state index contributed by atoms with van der Waals surface area (Å²) in [5.74, 6) is -0.736. The summed E-state index contributed by atoms with van der Waals surface area (Å²) >= 11 is 0. The Kier molecular flexibility index (Phi) is 6.27. The van der Waals surface area contributed by atoms with E-state index in [9.17, 15) is 18.4 Å². The van der Waals surface area contributed by atoms with Crippen LogP contribution in [0.3, 0.4) is 0 Å². The number of hydrogen-bond donors (Lipinski definition) is 4. The molecule has 2 aromatic carbocycles. The topological polar surface area (TPSA) is 98.9 Å². The molecule has 1 heterocycles. The smallest absolute Gasteiger partial charge is 0.326 e. The Morgan fingerprint density at radius 1 is 1.12 bits per heavy atom. The van der Waals surface area contributed by atoms with Crippen LogP contribution in [0.1, 0.15) is 24.0 Å². The molecule has 0 spiro atoms. The lowest BCUT2D eigenvalue weighted by Gasteiger charge is -2.09. The highest BCUT2D eigenvalue weighted by Gasteiger charge is 2.20. The number of rotatable bonds is 7. The molecule has 7 nitrogen and oxygen atoms in total. The predicted molar refractivity (Wildman–Crippen MR) is 118 cm³/mol. The van der Waals surface area contributed by atoms with Crippen LogP contribution in [0, 0.1) is 24.5 Å². The van der Waals surface area contributed by atoms with Crippen molar-refractivity contribution in [2.45, 2.75) is 26.3 Å². The number of nitrogens with one attached hydrogen (secondary N) is 4. The van der Waals surface area contributed by atoms with E-state index in [0.29, 0.717) is 11.1 Å². The van der Waals surface area contributed by atoms with Crippen LogP contribution in [0.4, 0.5) is 25.2 Å². The van der Waals surface area contributed by atoms with Crippen LogP contribution in [0.5, 0.6) is 0 Å². The van der Waals surface area contributed by atoms with Crippen molar-refractivity contribution >= 4 is 17.7 Å². The number of aryl methyl sites for hydroxylation is 1. The van der Waals surface area contributed by atoms with Crippen LogP contribution in [-0.4, -0.2) is 22.5 Å². The summed E-state index contributed by atoms with van der Waals surface area (Å²) in [7, 11) is 0. The molecular weight excluding hydrogens is 416 g/mol. The number of hydrogen-bond acceptors (Lipinski definition) is 4. The Hall–Kier alpha value is -3.59. The maximum Gasteiger partial charge on any atom is 0.326 e. The second-order valence-electron chi connectivity index (χ2n) is 7.90. The summed E-state index contributed by atoms with van der Waals surface area (Å²) in [5.41, 5.74) is 1.42. The molecule has 0 atom stereocenters. The first kappa shape index (κ1) is 21.6. The summed E-state index contributed by atoms with van der Waals surface area (Å²) in [4.78, 5) is 31.1. The van der Waals surface area contributed by atoms with E-state index in [0.717, 1.165) is 36.7 Å². The highest BCUT2D eigenvalue weighted by molar-refractivity contribution is 5.98. The van der Waals surface area contributed by atoms with E-state index >= 15 is 0 Å². The number of amides is 2. The number of urea groups is 1. The second kappa shape index (κ2) is 9.27. The van der Waals surface area contributed by atoms with Crippen molar-refractivity contribution in [2.24, 2.45) is 5.92 Å². The third kappa shape index (κ3) is 5.36. The van der Waals surface area contributed by atoms with Crippen molar-refractivity contribution in [1.82, 2.24) is 15.3 Å². The number of benzene rings is 2. The highest BCUT2D eigenvalue weighted by Crippen LogP contribution is 2.27. The molecule has 3 aromatic rings. The van der Waals surface area contributed by atoms with Gasteiger partial charge in [-0.1, -0.05) is 24.3 Å². The number of anilines is 2. The van der Waals surface area contributed by atoms with Crippen molar-refractivity contribution in [3.8, 4) is 11.1 Å². The molecule has 0 aliphatic heterocycles. The van der Waals surface area contributed by atoms with E-state index in [4.69, 9.17) is 0 Å². The van der Waals surface area contributed by atoms with Gasteiger partial charge in [0.15, 0.2) is 0 Å². The molecule has 1 aliphatic rings. The van der Waals surface area contributed by atoms with E-state index in [2.05, 4.69) is 25.9 Å². The van der Waals surface area contributed by atoms with Gasteiger partial charge in [0, 0.05) is 18.8 Å². The number of aromatic amines is 1. The van der Waals surface area contributed by atoms with Crippen LogP contribution in [-0.2, 0) is 6.54 Å². The number of aromatic nitrogens is 2. The summed E-state index contributed by atoms with van der Waals surface area (Å²) in [6, 6.07) is 8.57. The van der Waals surface area contributed by atoms with Crippen LogP contribution in [0.2, 0.25) is 0 Å². The Balaban J connectivity index is 1.39. The van der Waals surface area contributed by atoms with Crippen LogP contribution >= 0.6 is 0 Å². The minimum atomic E-state index is -0.869. The normalized spacial score (nSPS) is 13.1. The van der Waals surface area contributed by atoms with Gasteiger partial charge in [0.2, 0.25) is 5.95 Å². The molecule has 0 saturated heterocycles. The maximum absolute atomic E-state index is 13.9. The molecule has 1 fully saturated rings. The maximum atomic E-state index is 13.9. The van der Waals surface area contributed by atoms with Crippen LogP contribution < -0.4 is 21.5 Å². The van der Waals surface area contributed by atoms with Crippen LogP contribution in [0.15, 0.2) is 47.4 Å². The van der Waals surface area contributed by atoms with Gasteiger partial charge in [0.1, 0.15) is 11.6 Å². The molecule has 0 radical (unpaired) electrons. The SMILES string of the molecule is Cc1cc(F)c(NC(=O)Nc2nc(=O)c(-c3ccc(CNCC4CC4)cc3)c[nH]2)cc1F. The fraction of sp³-hybridized carbons (Fsp3) is 0.261. The standard InChI is InChI=1S/C23H23F2N5O2/c1-13-8-19(25)20(9-18(13)24)28-23(32)30-22-27-12-17(21(31)29-22)16-6-4-15(5-7-16)11-26-10-14-2-3-14/h4-9,12,14,26H,2-3,10-11H2,1H3,(H3,27,28,29,30,31,32). The molecule has 1 aromatic heterocycles. The lowest BCUT2D eigenvalue weighted by Crippen LogP contribution is -2.24. The van der Waals surface area contributed by atoms with Crippen molar-refractivity contribution < 1.29 is 13.6 Å². The van der Waals surface area contributed by atoms with Gasteiger partial charge in [-0.15, -0.1) is 0 Å². The fourth-order valence-electron chi connectivity index (χ4n) is 3.22. The van der Waals surface area contributed by atoms with Gasteiger partial charge in [-0.2, -0.15) is 4.98 Å². The third-order valence-corrected chi connectivity index (χ3v) is 5.25. The first-order valence-electron chi connectivity index (χ1n) is 10.3. The zero-order chi connectivity index (χ0) is 22.7. The van der Waals surface area contributed by atoms with Crippen molar-refractivity contribution in [1.29, 1.82) is 0 Å². The molecular formula is C23H23F2N5O2. The highest BCUT2D eigenvalue weighted by atomic mass is 19.1. The van der Waals surface area contributed by atoms with Gasteiger partial charge in [0.25, 0.3) is 5.56 Å². The van der Waals surface area contributed by atoms with Gasteiger partial charge in [-0.25, -0.2) is 13.6 Å². The Morgan fingerprint density at radius 2 is 1.88 bits per heavy atom. The van der Waals surface area contributed by atoms with Crippen molar-refractivity contribution in [3.05, 3.63) is 75.7 Å². The molecule has 4 N–H and O–H groups in total. The number of carbonyl (C=O) groups is 1. The Morgan fingerprint density at radius 3 is 2.56 bits per heavy atom. The predicted octanol–water partition coefficient (Wildman–Crippen LogP) is 4.17. The first-order chi connectivity index (χ1) is 15.4. The number of nitrogens with zero attached hydrogens (tertiary/aromatic N) is 1. The molecule has 1 aliphatic carbocycles. The number of halogens is 2. The lowest BCUT2D eigenvalue weighted by molar-refractivity contribution is 0.262. The Bertz CT molecular complexity index is 1190. The van der Waals surface area contributed by atoms with E-state index in [-0.39, 0.29) is 17.2 Å². The minimum Gasteiger partial charge on any atom is -0.331 e. The van der Waals surface area contributed by atoms with E-state index < -0.39 is 23.2 Å². The van der Waals surface area contributed by atoms with E-state index in [1.165, 1.54) is 26.0 Å². The summed E-state index contributed by atoms with van der Waals surface area (Å²) < 4.78 is 27.5. The molecule has 166 valence electrons. The molecule has 9 heteroatoms. The fourth-order valence-corrected chi connectivity index (χ4v) is 3.22. The summed E-state index contributed by atoms with van der Waals surface area (Å²) in [6.45, 7) is 3.21. The molecule has 0 bridgehead atoms. The molecule has 32 heavy (non-hydrogen) atoms. The first-order valence-corrected chi connectivity index (χ1v) is 10.3. The van der Waals surface area contributed by atoms with E-state index in [1.807, 2.05) is 24.3 Å². The monoisotopic (exact) mass is 439 g/mol. The largest absolute Gasteiger partial charge is 0.331 e.